The summed E-state index contributed by atoms with van der Waals surface area (Å²) in [5, 5.41) is 12.3. The smallest absolute Gasteiger partial charge is 0.406 e. The maximum absolute atomic E-state index is 12.6. The Balaban J connectivity index is 2.02. The first kappa shape index (κ1) is 22.5. The predicted molar refractivity (Wildman–Crippen MR) is 109 cm³/mol. The molecule has 0 aliphatic rings. The normalized spacial score (nSPS) is 12.3. The third-order valence-electron chi connectivity index (χ3n) is 4.10. The van der Waals surface area contributed by atoms with Crippen LogP contribution in [0.5, 0.6) is 5.75 Å². The molecule has 6 nitrogen and oxygen atoms in total. The molecule has 0 saturated carbocycles. The van der Waals surface area contributed by atoms with Crippen molar-refractivity contribution >= 4 is 17.5 Å². The molecule has 1 aromatic heterocycles. The molecule has 3 aromatic rings. The van der Waals surface area contributed by atoms with Crippen LogP contribution < -0.4 is 10.1 Å². The number of benzene rings is 2. The number of nitrogens with zero attached hydrogens (tertiary/aromatic N) is 2. The highest BCUT2D eigenvalue weighted by atomic mass is 35.5. The molecule has 31 heavy (non-hydrogen) atoms. The number of hydrogen-bond acceptors (Lipinski definition) is 5. The average molecular weight is 452 g/mol. The van der Waals surface area contributed by atoms with Gasteiger partial charge in [-0.3, -0.25) is 4.79 Å². The molecule has 2 N–H and O–H groups in total. The summed E-state index contributed by atoms with van der Waals surface area (Å²) in [5.74, 6) is -0.787. The number of alkyl halides is 3. The van der Waals surface area contributed by atoms with Gasteiger partial charge in [0.25, 0.3) is 5.91 Å². The first-order valence-electron chi connectivity index (χ1n) is 9.07. The van der Waals surface area contributed by atoms with Gasteiger partial charge in [-0.15, -0.1) is 13.2 Å². The van der Waals surface area contributed by atoms with Gasteiger partial charge in [0.1, 0.15) is 11.4 Å². The van der Waals surface area contributed by atoms with E-state index in [9.17, 15) is 23.1 Å². The standard InChI is InChI=1S/C21H17ClF3N3O3/c1-12(11-29)26-20(30)18-10-17(13-2-6-15(22)7-3-13)27-19(28-18)14-4-8-16(9-5-14)31-21(23,24)25/h2-10,12,29H,11H2,1H3,(H,26,30). The number of aliphatic hydroxyl groups excluding tert-OH is 1. The number of aromatic nitrogens is 2. The van der Waals surface area contributed by atoms with Gasteiger partial charge in [-0.05, 0) is 49.4 Å². The number of carbonyl (C=O) groups excluding carboxylic acids is 1. The lowest BCUT2D eigenvalue weighted by Gasteiger charge is -2.13. The highest BCUT2D eigenvalue weighted by molar-refractivity contribution is 6.30. The minimum atomic E-state index is -4.80. The van der Waals surface area contributed by atoms with E-state index in [1.165, 1.54) is 18.2 Å². The summed E-state index contributed by atoms with van der Waals surface area (Å²) in [4.78, 5) is 21.3. The summed E-state index contributed by atoms with van der Waals surface area (Å²) in [6, 6.07) is 12.7. The second-order valence-corrected chi connectivity index (χ2v) is 7.03. The molecule has 0 bridgehead atoms. The Hall–Kier alpha value is -3.17. The zero-order valence-electron chi connectivity index (χ0n) is 16.2. The van der Waals surface area contributed by atoms with Gasteiger partial charge in [0.2, 0.25) is 0 Å². The minimum Gasteiger partial charge on any atom is -0.406 e. The Labute approximate surface area is 180 Å². The van der Waals surface area contributed by atoms with Gasteiger partial charge in [-0.2, -0.15) is 0 Å². The number of rotatable bonds is 6. The Morgan fingerprint density at radius 1 is 1.10 bits per heavy atom. The van der Waals surface area contributed by atoms with Crippen LogP contribution in [-0.2, 0) is 0 Å². The second kappa shape index (κ2) is 9.32. The van der Waals surface area contributed by atoms with E-state index in [0.29, 0.717) is 21.8 Å². The average Bonchev–Trinajstić information content (AvgIpc) is 2.73. The van der Waals surface area contributed by atoms with Crippen molar-refractivity contribution < 1.29 is 27.8 Å². The summed E-state index contributed by atoms with van der Waals surface area (Å²) in [6.07, 6.45) is -4.80. The van der Waals surface area contributed by atoms with Gasteiger partial charge in [0.15, 0.2) is 5.82 Å². The number of hydrogen-bond donors (Lipinski definition) is 2. The summed E-state index contributed by atoms with van der Waals surface area (Å²) in [5.41, 5.74) is 1.49. The van der Waals surface area contributed by atoms with Gasteiger partial charge in [-0.1, -0.05) is 23.7 Å². The topological polar surface area (TPSA) is 84.3 Å². The fourth-order valence-electron chi connectivity index (χ4n) is 2.61. The maximum atomic E-state index is 12.6. The molecule has 0 radical (unpaired) electrons. The van der Waals surface area contributed by atoms with Gasteiger partial charge >= 0.3 is 6.36 Å². The van der Waals surface area contributed by atoms with E-state index in [-0.39, 0.29) is 23.9 Å². The van der Waals surface area contributed by atoms with Crippen LogP contribution in [0.3, 0.4) is 0 Å². The molecule has 0 fully saturated rings. The van der Waals surface area contributed by atoms with Crippen LogP contribution in [0.4, 0.5) is 13.2 Å². The zero-order chi connectivity index (χ0) is 22.6. The quantitative estimate of drug-likeness (QED) is 0.577. The van der Waals surface area contributed by atoms with Crippen molar-refractivity contribution in [2.75, 3.05) is 6.61 Å². The molecule has 0 spiro atoms. The molecule has 3 rings (SSSR count). The predicted octanol–water partition coefficient (Wildman–Crippen LogP) is 4.47. The molecule has 0 aliphatic carbocycles. The molecule has 1 unspecified atom stereocenters. The van der Waals surface area contributed by atoms with E-state index >= 15 is 0 Å². The Morgan fingerprint density at radius 3 is 2.29 bits per heavy atom. The van der Waals surface area contributed by atoms with Crippen molar-refractivity contribution in [3.63, 3.8) is 0 Å². The highest BCUT2D eigenvalue weighted by Crippen LogP contribution is 2.27. The molecule has 1 heterocycles. The summed E-state index contributed by atoms with van der Waals surface area (Å²) >= 11 is 5.93. The van der Waals surface area contributed by atoms with Crippen molar-refractivity contribution in [3.8, 4) is 28.4 Å². The number of ether oxygens (including phenoxy) is 1. The summed E-state index contributed by atoms with van der Waals surface area (Å²) < 4.78 is 41.0. The number of amides is 1. The van der Waals surface area contributed by atoms with Gasteiger partial charge in [0.05, 0.1) is 12.3 Å². The van der Waals surface area contributed by atoms with Crippen LogP contribution in [0, 0.1) is 0 Å². The van der Waals surface area contributed by atoms with Crippen molar-refractivity contribution in [1.82, 2.24) is 15.3 Å². The van der Waals surface area contributed by atoms with E-state index in [2.05, 4.69) is 20.0 Å². The van der Waals surface area contributed by atoms with E-state index < -0.39 is 18.3 Å². The molecule has 2 aromatic carbocycles. The molecule has 10 heteroatoms. The number of carbonyl (C=O) groups is 1. The van der Waals surface area contributed by atoms with Crippen LogP contribution in [0.2, 0.25) is 5.02 Å². The lowest BCUT2D eigenvalue weighted by atomic mass is 10.1. The van der Waals surface area contributed by atoms with Crippen molar-refractivity contribution in [3.05, 3.63) is 65.3 Å². The Bertz CT molecular complexity index is 1060. The molecule has 0 aliphatic heterocycles. The Morgan fingerprint density at radius 2 is 1.71 bits per heavy atom. The van der Waals surface area contributed by atoms with Crippen molar-refractivity contribution in [2.24, 2.45) is 0 Å². The second-order valence-electron chi connectivity index (χ2n) is 6.60. The summed E-state index contributed by atoms with van der Waals surface area (Å²) in [6.45, 7) is 1.37. The molecule has 1 atom stereocenters. The molecule has 162 valence electrons. The van der Waals surface area contributed by atoms with Crippen LogP contribution in [0.1, 0.15) is 17.4 Å². The van der Waals surface area contributed by atoms with Crippen LogP contribution in [0.15, 0.2) is 54.6 Å². The first-order valence-corrected chi connectivity index (χ1v) is 9.45. The zero-order valence-corrected chi connectivity index (χ0v) is 16.9. The number of nitrogens with one attached hydrogen (secondary N) is 1. The van der Waals surface area contributed by atoms with Crippen molar-refractivity contribution in [1.29, 1.82) is 0 Å². The molecule has 0 saturated heterocycles. The van der Waals surface area contributed by atoms with Crippen molar-refractivity contribution in [2.45, 2.75) is 19.3 Å². The van der Waals surface area contributed by atoms with Crippen LogP contribution >= 0.6 is 11.6 Å². The largest absolute Gasteiger partial charge is 0.573 e. The van der Waals surface area contributed by atoms with Crippen LogP contribution in [0.25, 0.3) is 22.6 Å². The molecular formula is C21H17ClF3N3O3. The molecular weight excluding hydrogens is 435 g/mol. The lowest BCUT2D eigenvalue weighted by molar-refractivity contribution is -0.274. The Kier molecular flexibility index (Phi) is 6.77. The fraction of sp³-hybridized carbons (Fsp3) is 0.190. The number of halogens is 4. The highest BCUT2D eigenvalue weighted by Gasteiger charge is 2.31. The minimum absolute atomic E-state index is 0.0332. The van der Waals surface area contributed by atoms with E-state index in [4.69, 9.17) is 11.6 Å². The third-order valence-corrected chi connectivity index (χ3v) is 4.35. The fourth-order valence-corrected chi connectivity index (χ4v) is 2.74. The van der Waals surface area contributed by atoms with Crippen LogP contribution in [-0.4, -0.2) is 40.0 Å². The van der Waals surface area contributed by atoms with E-state index in [1.54, 1.807) is 31.2 Å². The summed E-state index contributed by atoms with van der Waals surface area (Å²) in [7, 11) is 0. The maximum Gasteiger partial charge on any atom is 0.573 e. The lowest BCUT2D eigenvalue weighted by Crippen LogP contribution is -2.35. The molecule has 1 amide bonds. The van der Waals surface area contributed by atoms with Gasteiger partial charge in [0, 0.05) is 22.2 Å². The SMILES string of the molecule is CC(CO)NC(=O)c1cc(-c2ccc(Cl)cc2)nc(-c2ccc(OC(F)(F)F)cc2)n1. The monoisotopic (exact) mass is 451 g/mol. The number of aliphatic hydroxyl groups is 1. The third kappa shape index (κ3) is 6.16. The van der Waals surface area contributed by atoms with E-state index in [1.807, 2.05) is 0 Å². The van der Waals surface area contributed by atoms with Gasteiger partial charge in [-0.25, -0.2) is 9.97 Å². The van der Waals surface area contributed by atoms with E-state index in [0.717, 1.165) is 12.1 Å². The first-order chi connectivity index (χ1) is 14.6. The van der Waals surface area contributed by atoms with Gasteiger partial charge < -0.3 is 15.2 Å².